The number of hydrogen-bond donors (Lipinski definition) is 2. The van der Waals surface area contributed by atoms with Crippen LogP contribution in [0, 0.1) is 11.6 Å². The van der Waals surface area contributed by atoms with E-state index in [-0.39, 0.29) is 11.4 Å². The van der Waals surface area contributed by atoms with E-state index in [9.17, 15) is 18.7 Å². The topological polar surface area (TPSA) is 52.6 Å². The predicted molar refractivity (Wildman–Crippen MR) is 87.8 cm³/mol. The summed E-state index contributed by atoms with van der Waals surface area (Å²) in [6.07, 6.45) is 0.400. The van der Waals surface area contributed by atoms with Gasteiger partial charge in [0.2, 0.25) is 0 Å². The average Bonchev–Trinajstić information content (AvgIpc) is 3.08. The number of amides is 1. The highest BCUT2D eigenvalue weighted by Gasteiger charge is 2.23. The van der Waals surface area contributed by atoms with Gasteiger partial charge in [-0.05, 0) is 30.5 Å². The van der Waals surface area contributed by atoms with Crippen LogP contribution in [0.3, 0.4) is 0 Å². The van der Waals surface area contributed by atoms with E-state index in [2.05, 4.69) is 5.32 Å². The molecule has 0 radical (unpaired) electrons. The van der Waals surface area contributed by atoms with E-state index in [0.717, 1.165) is 25.0 Å². The molecule has 1 unspecified atom stereocenters. The number of carbonyl (C=O) groups is 1. The molecule has 0 spiro atoms. The predicted octanol–water partition coefficient (Wildman–Crippen LogP) is 3.24. The quantitative estimate of drug-likeness (QED) is 0.904. The molecule has 0 aliphatic carbocycles. The zero-order valence-corrected chi connectivity index (χ0v) is 13.0. The second-order valence-electron chi connectivity index (χ2n) is 5.79. The number of benzene rings is 2. The van der Waals surface area contributed by atoms with E-state index < -0.39 is 23.6 Å². The van der Waals surface area contributed by atoms with Crippen LogP contribution in [0.15, 0.2) is 42.5 Å². The van der Waals surface area contributed by atoms with Crippen LogP contribution < -0.4 is 10.2 Å². The van der Waals surface area contributed by atoms with Crippen molar-refractivity contribution >= 4 is 17.3 Å². The van der Waals surface area contributed by atoms with Gasteiger partial charge in [0, 0.05) is 18.8 Å². The Morgan fingerprint density at radius 2 is 1.67 bits per heavy atom. The van der Waals surface area contributed by atoms with Crippen LogP contribution in [-0.4, -0.2) is 24.1 Å². The molecule has 2 aromatic carbocycles. The van der Waals surface area contributed by atoms with Gasteiger partial charge < -0.3 is 15.3 Å². The molecule has 2 aromatic rings. The number of hydrogen-bond acceptors (Lipinski definition) is 3. The van der Waals surface area contributed by atoms with Gasteiger partial charge in [0.25, 0.3) is 5.91 Å². The van der Waals surface area contributed by atoms with Crippen molar-refractivity contribution < 1.29 is 18.7 Å². The SMILES string of the molecule is O=C(Nc1cc(F)c(N2CCCC2)c(F)c1)C(O)c1ccccc1. The third kappa shape index (κ3) is 3.38. The molecule has 1 amide bonds. The normalized spacial score (nSPS) is 15.4. The molecule has 1 fully saturated rings. The van der Waals surface area contributed by atoms with Crippen LogP contribution in [0.4, 0.5) is 20.2 Å². The van der Waals surface area contributed by atoms with Crippen LogP contribution >= 0.6 is 0 Å². The summed E-state index contributed by atoms with van der Waals surface area (Å²) in [5.74, 6) is -2.18. The Hall–Kier alpha value is -2.47. The molecule has 1 heterocycles. The third-order valence-electron chi connectivity index (χ3n) is 4.07. The Kier molecular flexibility index (Phi) is 4.76. The molecule has 0 saturated carbocycles. The first-order valence-corrected chi connectivity index (χ1v) is 7.84. The molecular formula is C18H18F2N2O2. The first-order valence-electron chi connectivity index (χ1n) is 7.84. The minimum Gasteiger partial charge on any atom is -0.378 e. The number of rotatable bonds is 4. The fourth-order valence-corrected chi connectivity index (χ4v) is 2.88. The molecule has 1 aliphatic heterocycles. The van der Waals surface area contributed by atoms with Crippen molar-refractivity contribution in [3.05, 3.63) is 59.7 Å². The highest BCUT2D eigenvalue weighted by molar-refractivity contribution is 5.94. The summed E-state index contributed by atoms with van der Waals surface area (Å²) in [5, 5.41) is 12.4. The molecule has 24 heavy (non-hydrogen) atoms. The number of anilines is 2. The summed E-state index contributed by atoms with van der Waals surface area (Å²) in [7, 11) is 0. The second kappa shape index (κ2) is 6.97. The maximum absolute atomic E-state index is 14.2. The van der Waals surface area contributed by atoms with E-state index in [1.54, 1.807) is 35.2 Å². The number of carbonyl (C=O) groups excluding carboxylic acids is 1. The maximum Gasteiger partial charge on any atom is 0.257 e. The van der Waals surface area contributed by atoms with Gasteiger partial charge in [-0.1, -0.05) is 30.3 Å². The Morgan fingerprint density at radius 3 is 2.25 bits per heavy atom. The molecule has 0 aromatic heterocycles. The number of nitrogens with zero attached hydrogens (tertiary/aromatic N) is 1. The summed E-state index contributed by atoms with van der Waals surface area (Å²) >= 11 is 0. The fraction of sp³-hybridized carbons (Fsp3) is 0.278. The number of aliphatic hydroxyl groups excluding tert-OH is 1. The van der Waals surface area contributed by atoms with Gasteiger partial charge in [0.05, 0.1) is 0 Å². The molecule has 3 rings (SSSR count). The average molecular weight is 332 g/mol. The Bertz CT molecular complexity index is 708. The van der Waals surface area contributed by atoms with Crippen molar-refractivity contribution in [3.8, 4) is 0 Å². The van der Waals surface area contributed by atoms with Gasteiger partial charge >= 0.3 is 0 Å². The second-order valence-corrected chi connectivity index (χ2v) is 5.79. The molecule has 1 saturated heterocycles. The highest BCUT2D eigenvalue weighted by atomic mass is 19.1. The van der Waals surface area contributed by atoms with E-state index in [1.165, 1.54) is 0 Å². The van der Waals surface area contributed by atoms with Crippen LogP contribution in [-0.2, 0) is 4.79 Å². The van der Waals surface area contributed by atoms with Gasteiger partial charge in [-0.3, -0.25) is 4.79 Å². The van der Waals surface area contributed by atoms with Crippen LogP contribution in [0.2, 0.25) is 0 Å². The van der Waals surface area contributed by atoms with Crippen molar-refractivity contribution in [2.45, 2.75) is 18.9 Å². The summed E-state index contributed by atoms with van der Waals surface area (Å²) in [6.45, 7) is 1.23. The van der Waals surface area contributed by atoms with Crippen LogP contribution in [0.1, 0.15) is 24.5 Å². The largest absolute Gasteiger partial charge is 0.378 e. The first kappa shape index (κ1) is 16.4. The van der Waals surface area contributed by atoms with Crippen LogP contribution in [0.5, 0.6) is 0 Å². The lowest BCUT2D eigenvalue weighted by Crippen LogP contribution is -2.23. The molecule has 1 atom stereocenters. The molecular weight excluding hydrogens is 314 g/mol. The Labute approximate surface area is 138 Å². The van der Waals surface area contributed by atoms with E-state index in [1.807, 2.05) is 0 Å². The molecule has 1 aliphatic rings. The zero-order chi connectivity index (χ0) is 17.1. The lowest BCUT2D eigenvalue weighted by Gasteiger charge is -2.20. The van der Waals surface area contributed by atoms with Gasteiger partial charge in [-0.2, -0.15) is 0 Å². The van der Waals surface area contributed by atoms with Gasteiger partial charge in [-0.15, -0.1) is 0 Å². The third-order valence-corrected chi connectivity index (χ3v) is 4.07. The summed E-state index contributed by atoms with van der Waals surface area (Å²) in [4.78, 5) is 13.7. The van der Waals surface area contributed by atoms with Gasteiger partial charge in [0.1, 0.15) is 5.69 Å². The molecule has 0 bridgehead atoms. The van der Waals surface area contributed by atoms with Crippen molar-refractivity contribution in [1.29, 1.82) is 0 Å². The van der Waals surface area contributed by atoms with Crippen molar-refractivity contribution in [2.75, 3.05) is 23.3 Å². The summed E-state index contributed by atoms with van der Waals surface area (Å²) in [6, 6.07) is 10.5. The summed E-state index contributed by atoms with van der Waals surface area (Å²) in [5.41, 5.74) is 0.326. The van der Waals surface area contributed by atoms with Crippen molar-refractivity contribution in [2.24, 2.45) is 0 Å². The number of nitrogens with one attached hydrogen (secondary N) is 1. The fourth-order valence-electron chi connectivity index (χ4n) is 2.88. The van der Waals surface area contributed by atoms with Gasteiger partial charge in [0.15, 0.2) is 17.7 Å². The molecule has 2 N–H and O–H groups in total. The van der Waals surface area contributed by atoms with E-state index in [0.29, 0.717) is 18.7 Å². The molecule has 126 valence electrons. The highest BCUT2D eigenvalue weighted by Crippen LogP contribution is 2.30. The maximum atomic E-state index is 14.2. The summed E-state index contributed by atoms with van der Waals surface area (Å²) < 4.78 is 28.5. The van der Waals surface area contributed by atoms with Crippen molar-refractivity contribution in [3.63, 3.8) is 0 Å². The van der Waals surface area contributed by atoms with Crippen molar-refractivity contribution in [1.82, 2.24) is 0 Å². The monoisotopic (exact) mass is 332 g/mol. The Morgan fingerprint density at radius 1 is 1.08 bits per heavy atom. The molecule has 6 heteroatoms. The minimum absolute atomic E-state index is 0.0204. The van der Waals surface area contributed by atoms with E-state index in [4.69, 9.17) is 0 Å². The van der Waals surface area contributed by atoms with Crippen LogP contribution in [0.25, 0.3) is 0 Å². The van der Waals surface area contributed by atoms with Gasteiger partial charge in [-0.25, -0.2) is 8.78 Å². The molecule has 4 nitrogen and oxygen atoms in total. The first-order chi connectivity index (χ1) is 11.6. The number of halogens is 2. The zero-order valence-electron chi connectivity index (χ0n) is 13.0. The van der Waals surface area contributed by atoms with E-state index >= 15 is 0 Å². The number of aliphatic hydroxyl groups is 1. The Balaban J connectivity index is 1.77. The smallest absolute Gasteiger partial charge is 0.257 e. The lowest BCUT2D eigenvalue weighted by atomic mass is 10.1. The minimum atomic E-state index is -1.41. The standard InChI is InChI=1S/C18H18F2N2O2/c19-14-10-13(11-15(20)16(14)22-8-4-5-9-22)21-18(24)17(23)12-6-2-1-3-7-12/h1-3,6-7,10-11,17,23H,4-5,8-9H2,(H,21,24). The lowest BCUT2D eigenvalue weighted by molar-refractivity contribution is -0.124.